The molecule has 4 rings (SSSR count). The van der Waals surface area contributed by atoms with Gasteiger partial charge in [0.15, 0.2) is 0 Å². The maximum absolute atomic E-state index is 13.2. The third-order valence-corrected chi connectivity index (χ3v) is 7.74. The highest BCUT2D eigenvalue weighted by Gasteiger charge is 2.32. The summed E-state index contributed by atoms with van der Waals surface area (Å²) in [7, 11) is 0. The number of hydrogen-bond donors (Lipinski definition) is 1. The fourth-order valence-corrected chi connectivity index (χ4v) is 5.51. The molecular formula is C29H38FN3O3. The molecule has 194 valence electrons. The molecule has 0 spiro atoms. The van der Waals surface area contributed by atoms with Crippen LogP contribution < -0.4 is 5.32 Å². The fourth-order valence-electron chi connectivity index (χ4n) is 5.51. The molecule has 0 radical (unpaired) electrons. The van der Waals surface area contributed by atoms with Crippen molar-refractivity contribution in [2.45, 2.75) is 52.0 Å². The van der Waals surface area contributed by atoms with Crippen LogP contribution in [0.5, 0.6) is 0 Å². The van der Waals surface area contributed by atoms with E-state index in [1.54, 1.807) is 43.3 Å². The zero-order valence-electron chi connectivity index (χ0n) is 21.4. The van der Waals surface area contributed by atoms with E-state index in [1.807, 2.05) is 17.0 Å². The number of carbonyl (C=O) groups is 2. The van der Waals surface area contributed by atoms with Crippen LogP contribution in [0.25, 0.3) is 0 Å². The normalized spacial score (nSPS) is 20.1. The van der Waals surface area contributed by atoms with E-state index in [-0.39, 0.29) is 17.8 Å². The molecule has 2 heterocycles. The zero-order chi connectivity index (χ0) is 25.5. The largest absolute Gasteiger partial charge is 0.462 e. The molecule has 2 atom stereocenters. The molecule has 2 fully saturated rings. The second-order valence-electron chi connectivity index (χ2n) is 10.1. The lowest BCUT2D eigenvalue weighted by Gasteiger charge is -2.43. The summed E-state index contributed by atoms with van der Waals surface area (Å²) in [6.07, 6.45) is 5.46. The summed E-state index contributed by atoms with van der Waals surface area (Å²) in [5.41, 5.74) is 2.36. The van der Waals surface area contributed by atoms with Gasteiger partial charge in [-0.25, -0.2) is 14.0 Å². The molecule has 2 aliphatic heterocycles. The predicted octanol–water partition coefficient (Wildman–Crippen LogP) is 5.59. The second-order valence-corrected chi connectivity index (χ2v) is 10.1. The van der Waals surface area contributed by atoms with Gasteiger partial charge in [-0.2, -0.15) is 0 Å². The summed E-state index contributed by atoms with van der Waals surface area (Å²) in [5, 5.41) is 2.98. The first-order valence-corrected chi connectivity index (χ1v) is 13.2. The van der Waals surface area contributed by atoms with Gasteiger partial charge in [-0.1, -0.05) is 12.1 Å². The van der Waals surface area contributed by atoms with Crippen molar-refractivity contribution < 1.29 is 18.7 Å². The number of likely N-dealkylation sites (tertiary alicyclic amines) is 2. The number of esters is 1. The van der Waals surface area contributed by atoms with Crippen LogP contribution in [0.15, 0.2) is 48.5 Å². The van der Waals surface area contributed by atoms with E-state index in [1.165, 1.54) is 5.56 Å². The average molecular weight is 496 g/mol. The summed E-state index contributed by atoms with van der Waals surface area (Å²) in [4.78, 5) is 29.3. The lowest BCUT2D eigenvalue weighted by Crippen LogP contribution is -2.50. The number of nitrogens with zero attached hydrogens (tertiary/aromatic N) is 2. The molecule has 7 heteroatoms. The number of rotatable bonds is 7. The van der Waals surface area contributed by atoms with Crippen molar-refractivity contribution in [1.29, 1.82) is 0 Å². The predicted molar refractivity (Wildman–Crippen MR) is 140 cm³/mol. The Hall–Kier alpha value is -2.93. The van der Waals surface area contributed by atoms with Crippen LogP contribution in [0.3, 0.4) is 0 Å². The Morgan fingerprint density at radius 3 is 2.39 bits per heavy atom. The highest BCUT2D eigenvalue weighted by molar-refractivity contribution is 5.92. The van der Waals surface area contributed by atoms with Crippen LogP contribution in [0.4, 0.5) is 14.9 Å². The molecule has 36 heavy (non-hydrogen) atoms. The molecule has 1 N–H and O–H groups in total. The van der Waals surface area contributed by atoms with E-state index >= 15 is 0 Å². The van der Waals surface area contributed by atoms with E-state index in [9.17, 15) is 14.0 Å². The summed E-state index contributed by atoms with van der Waals surface area (Å²) in [6.45, 7) is 8.07. The molecule has 2 unspecified atom stereocenters. The molecule has 0 bridgehead atoms. The Kier molecular flexibility index (Phi) is 8.97. The fraction of sp³-hybridized carbons (Fsp3) is 0.517. The third kappa shape index (κ3) is 6.84. The number of hydrogen-bond acceptors (Lipinski definition) is 4. The molecule has 6 nitrogen and oxygen atoms in total. The first-order valence-electron chi connectivity index (χ1n) is 13.2. The van der Waals surface area contributed by atoms with Crippen LogP contribution in [0.2, 0.25) is 0 Å². The highest BCUT2D eigenvalue weighted by Crippen LogP contribution is 2.29. The lowest BCUT2D eigenvalue weighted by atomic mass is 9.86. The Labute approximate surface area is 213 Å². The Morgan fingerprint density at radius 1 is 1.03 bits per heavy atom. The smallest absolute Gasteiger partial charge is 0.338 e. The van der Waals surface area contributed by atoms with Crippen molar-refractivity contribution in [3.05, 3.63) is 65.5 Å². The first-order chi connectivity index (χ1) is 17.4. The SMILES string of the molecule is CCOC(=O)c1ccc(NC(=O)N2CCCC(C(C)N3CCC(Cc4ccc(F)cc4)CC3)C2)cc1. The minimum Gasteiger partial charge on any atom is -0.462 e. The van der Waals surface area contributed by atoms with Crippen LogP contribution in [-0.4, -0.2) is 60.6 Å². The highest BCUT2D eigenvalue weighted by atomic mass is 19.1. The standard InChI is InChI=1S/C29H38FN3O3/c1-3-36-28(34)24-8-12-27(13-9-24)31-29(35)33-16-4-5-25(20-33)21(2)32-17-14-23(15-18-32)19-22-6-10-26(30)11-7-22/h6-13,21,23,25H,3-5,14-20H2,1-2H3,(H,31,35). The molecule has 2 aromatic carbocycles. The van der Waals surface area contributed by atoms with Gasteiger partial charge in [0.05, 0.1) is 12.2 Å². The van der Waals surface area contributed by atoms with Crippen molar-refractivity contribution in [2.75, 3.05) is 38.1 Å². The van der Waals surface area contributed by atoms with Gasteiger partial charge in [0.25, 0.3) is 0 Å². The molecule has 0 aliphatic carbocycles. The van der Waals surface area contributed by atoms with Gasteiger partial charge in [-0.05, 0) is 113 Å². The zero-order valence-corrected chi connectivity index (χ0v) is 21.4. The Morgan fingerprint density at radius 2 is 1.72 bits per heavy atom. The number of anilines is 1. The van der Waals surface area contributed by atoms with Crippen LogP contribution in [0.1, 0.15) is 55.5 Å². The van der Waals surface area contributed by atoms with Crippen LogP contribution in [-0.2, 0) is 11.2 Å². The van der Waals surface area contributed by atoms with Gasteiger partial charge >= 0.3 is 12.0 Å². The van der Waals surface area contributed by atoms with Crippen molar-refractivity contribution >= 4 is 17.7 Å². The summed E-state index contributed by atoms with van der Waals surface area (Å²) in [6, 6.07) is 14.1. The van der Waals surface area contributed by atoms with Crippen molar-refractivity contribution in [2.24, 2.45) is 11.8 Å². The Balaban J connectivity index is 1.25. The van der Waals surface area contributed by atoms with Gasteiger partial charge in [0.1, 0.15) is 5.82 Å². The van der Waals surface area contributed by atoms with E-state index < -0.39 is 0 Å². The molecule has 2 aromatic rings. The number of nitrogens with one attached hydrogen (secondary N) is 1. The number of piperidine rings is 2. The molecule has 2 amide bonds. The van der Waals surface area contributed by atoms with Crippen molar-refractivity contribution in [1.82, 2.24) is 9.80 Å². The third-order valence-electron chi connectivity index (χ3n) is 7.74. The number of amides is 2. The van der Waals surface area contributed by atoms with Crippen molar-refractivity contribution in [3.63, 3.8) is 0 Å². The Bertz CT molecular complexity index is 1000. The topological polar surface area (TPSA) is 61.9 Å². The second kappa shape index (κ2) is 12.3. The van der Waals surface area contributed by atoms with Crippen LogP contribution in [0, 0.1) is 17.7 Å². The maximum Gasteiger partial charge on any atom is 0.338 e. The number of ether oxygens (including phenoxy) is 1. The minimum absolute atomic E-state index is 0.0891. The van der Waals surface area contributed by atoms with E-state index in [0.29, 0.717) is 35.7 Å². The van der Waals surface area contributed by atoms with Crippen molar-refractivity contribution in [3.8, 4) is 0 Å². The quantitative estimate of drug-likeness (QED) is 0.509. The minimum atomic E-state index is -0.359. The molecular weight excluding hydrogens is 457 g/mol. The van der Waals surface area contributed by atoms with E-state index in [2.05, 4.69) is 17.1 Å². The summed E-state index contributed by atoms with van der Waals surface area (Å²) < 4.78 is 18.2. The number of carbonyl (C=O) groups excluding carboxylic acids is 2. The summed E-state index contributed by atoms with van der Waals surface area (Å²) >= 11 is 0. The molecule has 2 aliphatic rings. The van der Waals surface area contributed by atoms with Crippen LogP contribution >= 0.6 is 0 Å². The van der Waals surface area contributed by atoms with Gasteiger partial charge in [-0.3, -0.25) is 0 Å². The van der Waals surface area contributed by atoms with E-state index in [4.69, 9.17) is 4.74 Å². The van der Waals surface area contributed by atoms with Gasteiger partial charge in [0.2, 0.25) is 0 Å². The van der Waals surface area contributed by atoms with Gasteiger partial charge < -0.3 is 19.9 Å². The van der Waals surface area contributed by atoms with Gasteiger partial charge in [-0.15, -0.1) is 0 Å². The number of benzene rings is 2. The van der Waals surface area contributed by atoms with Gasteiger partial charge in [0, 0.05) is 24.8 Å². The first kappa shape index (κ1) is 26.1. The molecule has 0 saturated carbocycles. The maximum atomic E-state index is 13.2. The monoisotopic (exact) mass is 495 g/mol. The lowest BCUT2D eigenvalue weighted by molar-refractivity contribution is 0.0526. The average Bonchev–Trinajstić information content (AvgIpc) is 2.90. The summed E-state index contributed by atoms with van der Waals surface area (Å²) in [5.74, 6) is 0.555. The number of halogens is 1. The molecule has 2 saturated heterocycles. The number of urea groups is 1. The van der Waals surface area contributed by atoms with E-state index in [0.717, 1.165) is 58.3 Å². The molecule has 0 aromatic heterocycles.